The molecule has 0 aliphatic carbocycles. The van der Waals surface area contributed by atoms with Crippen molar-refractivity contribution in [1.82, 2.24) is 4.90 Å². The molecule has 0 radical (unpaired) electrons. The van der Waals surface area contributed by atoms with Crippen molar-refractivity contribution < 1.29 is 9.53 Å². The average molecular weight is 201 g/mol. The molecule has 0 N–H and O–H groups in total. The van der Waals surface area contributed by atoms with Crippen molar-refractivity contribution in [1.29, 1.82) is 0 Å². The van der Waals surface area contributed by atoms with Crippen molar-refractivity contribution in [3.05, 3.63) is 0 Å². The number of thioether (sulfide) groups is 1. The quantitative estimate of drug-likeness (QED) is 0.585. The van der Waals surface area contributed by atoms with Crippen LogP contribution >= 0.6 is 11.8 Å². The van der Waals surface area contributed by atoms with Crippen molar-refractivity contribution in [2.24, 2.45) is 0 Å². The summed E-state index contributed by atoms with van der Waals surface area (Å²) < 4.78 is 4.97. The summed E-state index contributed by atoms with van der Waals surface area (Å²) in [5.74, 6) is 2.38. The van der Waals surface area contributed by atoms with Gasteiger partial charge < -0.3 is 4.74 Å². The maximum atomic E-state index is 11.3. The van der Waals surface area contributed by atoms with E-state index < -0.39 is 0 Å². The van der Waals surface area contributed by atoms with Crippen molar-refractivity contribution >= 4 is 17.7 Å². The molecular weight excluding hydrogens is 186 g/mol. The van der Waals surface area contributed by atoms with Crippen molar-refractivity contribution in [3.63, 3.8) is 0 Å². The number of carbonyl (C=O) groups excluding carboxylic acids is 1. The highest BCUT2D eigenvalue weighted by molar-refractivity contribution is 7.99. The zero-order valence-electron chi connectivity index (χ0n) is 7.70. The maximum Gasteiger partial charge on any atom is 0.323 e. The summed E-state index contributed by atoms with van der Waals surface area (Å²) >= 11 is 1.99. The third kappa shape index (κ3) is 2.17. The summed E-state index contributed by atoms with van der Waals surface area (Å²) in [5.41, 5.74) is 0. The van der Waals surface area contributed by atoms with Gasteiger partial charge in [0.15, 0.2) is 0 Å². The van der Waals surface area contributed by atoms with Gasteiger partial charge in [-0.15, -0.1) is 0 Å². The molecule has 3 nitrogen and oxygen atoms in total. The van der Waals surface area contributed by atoms with Gasteiger partial charge in [0.1, 0.15) is 6.04 Å². The normalized spacial score (nSPS) is 31.4. The summed E-state index contributed by atoms with van der Waals surface area (Å²) in [6.07, 6.45) is 2.10. The minimum Gasteiger partial charge on any atom is -0.464 e. The van der Waals surface area contributed by atoms with E-state index in [0.717, 1.165) is 25.3 Å². The zero-order valence-corrected chi connectivity index (χ0v) is 8.52. The molecule has 2 aliphatic rings. The fraction of sp³-hybridized carbons (Fsp3) is 0.889. The Hall–Kier alpha value is -0.220. The van der Waals surface area contributed by atoms with Gasteiger partial charge in [-0.25, -0.2) is 0 Å². The second-order valence-electron chi connectivity index (χ2n) is 3.47. The lowest BCUT2D eigenvalue weighted by Gasteiger charge is -2.23. The molecule has 2 rings (SSSR count). The van der Waals surface area contributed by atoms with Gasteiger partial charge in [-0.2, -0.15) is 11.8 Å². The molecule has 0 bridgehead atoms. The van der Waals surface area contributed by atoms with E-state index in [1.54, 1.807) is 0 Å². The van der Waals surface area contributed by atoms with Crippen molar-refractivity contribution in [3.8, 4) is 0 Å². The highest BCUT2D eigenvalue weighted by Gasteiger charge is 2.32. The Bertz CT molecular complexity index is 190. The first-order valence-electron chi connectivity index (χ1n) is 4.86. The minimum atomic E-state index is -0.00750. The van der Waals surface area contributed by atoms with E-state index in [4.69, 9.17) is 4.74 Å². The fourth-order valence-corrected chi connectivity index (χ4v) is 2.79. The largest absolute Gasteiger partial charge is 0.464 e. The molecule has 1 atom stereocenters. The second-order valence-corrected chi connectivity index (χ2v) is 4.70. The van der Waals surface area contributed by atoms with Gasteiger partial charge in [0.2, 0.25) is 0 Å². The number of carbonyl (C=O) groups is 1. The molecule has 74 valence electrons. The molecule has 4 heteroatoms. The lowest BCUT2D eigenvalue weighted by atomic mass is 10.2. The summed E-state index contributed by atoms with van der Waals surface area (Å²) in [6.45, 7) is 2.73. The van der Waals surface area contributed by atoms with Crippen molar-refractivity contribution in [2.75, 3.05) is 31.2 Å². The Labute approximate surface area is 82.8 Å². The van der Waals surface area contributed by atoms with Crippen LogP contribution in [0.3, 0.4) is 0 Å². The molecule has 2 saturated heterocycles. The van der Waals surface area contributed by atoms with E-state index in [0.29, 0.717) is 6.61 Å². The molecule has 1 unspecified atom stereocenters. The van der Waals surface area contributed by atoms with Gasteiger partial charge in [-0.3, -0.25) is 9.69 Å². The van der Waals surface area contributed by atoms with Crippen LogP contribution in [0.2, 0.25) is 0 Å². The van der Waals surface area contributed by atoms with E-state index >= 15 is 0 Å². The lowest BCUT2D eigenvalue weighted by Crippen LogP contribution is -2.39. The second kappa shape index (κ2) is 4.33. The molecule has 0 spiro atoms. The molecule has 0 aromatic rings. The Morgan fingerprint density at radius 3 is 3.08 bits per heavy atom. The van der Waals surface area contributed by atoms with E-state index in [-0.39, 0.29) is 12.0 Å². The fourth-order valence-electron chi connectivity index (χ4n) is 1.89. The molecule has 2 fully saturated rings. The van der Waals surface area contributed by atoms with Crippen LogP contribution in [-0.2, 0) is 9.53 Å². The highest BCUT2D eigenvalue weighted by Crippen LogP contribution is 2.18. The van der Waals surface area contributed by atoms with E-state index in [1.165, 1.54) is 12.2 Å². The molecule has 2 heterocycles. The average Bonchev–Trinajstić information content (AvgIpc) is 2.43. The van der Waals surface area contributed by atoms with Gasteiger partial charge >= 0.3 is 5.97 Å². The predicted octanol–water partition coefficient (Wildman–Crippen LogP) is 0.741. The van der Waals surface area contributed by atoms with Crippen LogP contribution in [0.5, 0.6) is 0 Å². The number of nitrogens with zero attached hydrogens (tertiary/aromatic N) is 1. The first-order chi connectivity index (χ1) is 6.38. The Morgan fingerprint density at radius 1 is 1.38 bits per heavy atom. The Balaban J connectivity index is 1.93. The van der Waals surface area contributed by atoms with E-state index in [1.807, 2.05) is 11.8 Å². The third-order valence-corrected chi connectivity index (χ3v) is 3.65. The van der Waals surface area contributed by atoms with Gasteiger partial charge in [0.25, 0.3) is 0 Å². The van der Waals surface area contributed by atoms with Crippen LogP contribution in [0.1, 0.15) is 12.8 Å². The monoisotopic (exact) mass is 201 g/mol. The Morgan fingerprint density at radius 2 is 2.31 bits per heavy atom. The number of esters is 1. The van der Waals surface area contributed by atoms with Gasteiger partial charge in [0, 0.05) is 18.7 Å². The summed E-state index contributed by atoms with van der Waals surface area (Å²) in [6, 6.07) is 0.0682. The summed E-state index contributed by atoms with van der Waals surface area (Å²) in [4.78, 5) is 13.6. The highest BCUT2D eigenvalue weighted by atomic mass is 32.2. The number of ether oxygens (including phenoxy) is 1. The van der Waals surface area contributed by atoms with Gasteiger partial charge in [-0.05, 0) is 18.7 Å². The van der Waals surface area contributed by atoms with Crippen molar-refractivity contribution in [2.45, 2.75) is 18.9 Å². The molecule has 0 aromatic carbocycles. The first kappa shape index (κ1) is 9.34. The minimum absolute atomic E-state index is 0.00750. The molecule has 0 aromatic heterocycles. The molecular formula is C9H15NO2S. The summed E-state index contributed by atoms with van der Waals surface area (Å²) in [7, 11) is 0. The van der Waals surface area contributed by atoms with Crippen LogP contribution in [0.4, 0.5) is 0 Å². The standard InChI is InChI=1S/C9H15NO2S/c11-9-8(2-5-12-9)10-3-1-6-13-7-4-10/h8H,1-7H2. The van der Waals surface area contributed by atoms with Crippen LogP contribution in [-0.4, -0.2) is 48.1 Å². The number of hydrogen-bond acceptors (Lipinski definition) is 4. The van der Waals surface area contributed by atoms with Crippen LogP contribution < -0.4 is 0 Å². The molecule has 0 saturated carbocycles. The summed E-state index contributed by atoms with van der Waals surface area (Å²) in [5, 5.41) is 0. The smallest absolute Gasteiger partial charge is 0.323 e. The number of rotatable bonds is 1. The Kier molecular flexibility index (Phi) is 3.11. The van der Waals surface area contributed by atoms with Gasteiger partial charge in [0.05, 0.1) is 6.61 Å². The topological polar surface area (TPSA) is 29.5 Å². The SMILES string of the molecule is O=C1OCCC1N1CCCSCC1. The van der Waals surface area contributed by atoms with E-state index in [9.17, 15) is 4.79 Å². The number of cyclic esters (lactones) is 1. The maximum absolute atomic E-state index is 11.3. The van der Waals surface area contributed by atoms with Crippen LogP contribution in [0.25, 0.3) is 0 Å². The lowest BCUT2D eigenvalue weighted by molar-refractivity contribution is -0.142. The van der Waals surface area contributed by atoms with Gasteiger partial charge in [-0.1, -0.05) is 0 Å². The predicted molar refractivity (Wildman–Crippen MR) is 52.9 cm³/mol. The molecule has 0 amide bonds. The number of hydrogen-bond donors (Lipinski definition) is 0. The third-order valence-electron chi connectivity index (χ3n) is 2.61. The zero-order chi connectivity index (χ0) is 9.10. The first-order valence-corrected chi connectivity index (χ1v) is 6.02. The van der Waals surface area contributed by atoms with Crippen LogP contribution in [0.15, 0.2) is 0 Å². The van der Waals surface area contributed by atoms with Crippen LogP contribution in [0, 0.1) is 0 Å². The van der Waals surface area contributed by atoms with E-state index in [2.05, 4.69) is 4.90 Å². The molecule has 2 aliphatic heterocycles. The molecule has 13 heavy (non-hydrogen) atoms.